The van der Waals surface area contributed by atoms with Crippen molar-refractivity contribution in [3.63, 3.8) is 0 Å². The van der Waals surface area contributed by atoms with E-state index in [1.807, 2.05) is 0 Å². The van der Waals surface area contributed by atoms with Crippen molar-refractivity contribution in [1.29, 1.82) is 0 Å². The Balaban J connectivity index is 1.55. The number of anilines is 1. The van der Waals surface area contributed by atoms with Gasteiger partial charge in [-0.05, 0) is 29.8 Å². The molecular weight excluding hydrogens is 329 g/mol. The number of imide groups is 1. The van der Waals surface area contributed by atoms with Crippen LogP contribution in [0.3, 0.4) is 0 Å². The first-order chi connectivity index (χ1) is 12.0. The third kappa shape index (κ3) is 4.11. The van der Waals surface area contributed by atoms with E-state index in [-0.39, 0.29) is 12.4 Å². The molecule has 8 heteroatoms. The largest absolute Gasteiger partial charge is 0.484 e. The molecule has 0 radical (unpaired) electrons. The zero-order valence-electron chi connectivity index (χ0n) is 12.9. The Hall–Kier alpha value is -3.42. The number of benzene rings is 2. The maximum Gasteiger partial charge on any atom is 0.322 e. The number of carbonyl (C=O) groups is 3. The first kappa shape index (κ1) is 16.4. The molecule has 1 unspecified atom stereocenters. The lowest BCUT2D eigenvalue weighted by Crippen LogP contribution is -2.22. The van der Waals surface area contributed by atoms with Crippen molar-refractivity contribution in [1.82, 2.24) is 10.6 Å². The molecule has 1 aliphatic rings. The number of hydrogen-bond acceptors (Lipinski definition) is 4. The quantitative estimate of drug-likeness (QED) is 0.720. The van der Waals surface area contributed by atoms with Crippen molar-refractivity contribution in [2.24, 2.45) is 0 Å². The van der Waals surface area contributed by atoms with E-state index in [0.29, 0.717) is 11.3 Å². The maximum atomic E-state index is 13.0. The molecule has 1 saturated heterocycles. The predicted molar refractivity (Wildman–Crippen MR) is 86.4 cm³/mol. The molecule has 0 spiro atoms. The van der Waals surface area contributed by atoms with Crippen LogP contribution in [0.4, 0.5) is 14.9 Å². The summed E-state index contributed by atoms with van der Waals surface area (Å²) in [5.41, 5.74) is 1.10. The third-order valence-electron chi connectivity index (χ3n) is 3.47. The Bertz CT molecular complexity index is 823. The van der Waals surface area contributed by atoms with Gasteiger partial charge in [-0.3, -0.25) is 14.9 Å². The van der Waals surface area contributed by atoms with Crippen LogP contribution in [0, 0.1) is 5.82 Å². The summed E-state index contributed by atoms with van der Waals surface area (Å²) in [5.74, 6) is -1.03. The second-order valence-electron chi connectivity index (χ2n) is 5.31. The molecule has 1 aliphatic heterocycles. The highest BCUT2D eigenvalue weighted by Crippen LogP contribution is 2.19. The molecule has 1 fully saturated rings. The Morgan fingerprint density at radius 1 is 1.16 bits per heavy atom. The molecule has 1 atom stereocenters. The summed E-state index contributed by atoms with van der Waals surface area (Å²) in [6.45, 7) is -0.272. The number of amides is 4. The van der Waals surface area contributed by atoms with Gasteiger partial charge in [-0.1, -0.05) is 18.2 Å². The van der Waals surface area contributed by atoms with E-state index < -0.39 is 29.7 Å². The molecule has 4 amide bonds. The summed E-state index contributed by atoms with van der Waals surface area (Å²) in [5, 5.41) is 7.25. The average Bonchev–Trinajstić information content (AvgIpc) is 2.92. The molecule has 128 valence electrons. The fraction of sp³-hybridized carbons (Fsp3) is 0.118. The number of carbonyl (C=O) groups excluding carboxylic acids is 3. The molecular formula is C17H14FN3O4. The van der Waals surface area contributed by atoms with E-state index in [9.17, 15) is 18.8 Å². The van der Waals surface area contributed by atoms with Crippen LogP contribution in [0.25, 0.3) is 0 Å². The standard InChI is InChI=1S/C17H14FN3O4/c18-11-2-1-3-13(8-11)25-9-14(22)19-12-6-4-10(5-7-12)15-16(23)21-17(24)20-15/h1-8,15H,9H2,(H,19,22)(H2,20,21,23,24). The lowest BCUT2D eigenvalue weighted by molar-refractivity contribution is -0.120. The first-order valence-electron chi connectivity index (χ1n) is 7.41. The molecule has 0 saturated carbocycles. The van der Waals surface area contributed by atoms with Crippen LogP contribution in [0.15, 0.2) is 48.5 Å². The van der Waals surface area contributed by atoms with Crippen LogP contribution < -0.4 is 20.7 Å². The van der Waals surface area contributed by atoms with Crippen LogP contribution in [0.1, 0.15) is 11.6 Å². The summed E-state index contributed by atoms with van der Waals surface area (Å²) in [7, 11) is 0. The van der Waals surface area contributed by atoms with E-state index >= 15 is 0 Å². The molecule has 2 aromatic carbocycles. The Morgan fingerprint density at radius 2 is 1.92 bits per heavy atom. The number of hydrogen-bond donors (Lipinski definition) is 3. The molecule has 2 aromatic rings. The molecule has 3 rings (SSSR count). The highest BCUT2D eigenvalue weighted by atomic mass is 19.1. The maximum absolute atomic E-state index is 13.0. The number of urea groups is 1. The Labute approximate surface area is 142 Å². The second kappa shape index (κ2) is 7.00. The summed E-state index contributed by atoms with van der Waals surface area (Å²) < 4.78 is 18.2. The zero-order chi connectivity index (χ0) is 17.8. The minimum absolute atomic E-state index is 0.258. The van der Waals surface area contributed by atoms with Gasteiger partial charge in [0.15, 0.2) is 6.61 Å². The van der Waals surface area contributed by atoms with E-state index in [4.69, 9.17) is 4.74 Å². The van der Waals surface area contributed by atoms with Gasteiger partial charge in [0.1, 0.15) is 17.6 Å². The third-order valence-corrected chi connectivity index (χ3v) is 3.47. The molecule has 7 nitrogen and oxygen atoms in total. The van der Waals surface area contributed by atoms with Crippen LogP contribution in [-0.4, -0.2) is 24.5 Å². The van der Waals surface area contributed by atoms with Gasteiger partial charge in [-0.25, -0.2) is 9.18 Å². The highest BCUT2D eigenvalue weighted by molar-refractivity contribution is 6.04. The van der Waals surface area contributed by atoms with Gasteiger partial charge in [0, 0.05) is 11.8 Å². The topological polar surface area (TPSA) is 96.5 Å². The fourth-order valence-corrected chi connectivity index (χ4v) is 2.31. The average molecular weight is 343 g/mol. The monoisotopic (exact) mass is 343 g/mol. The van der Waals surface area contributed by atoms with Gasteiger partial charge in [-0.15, -0.1) is 0 Å². The van der Waals surface area contributed by atoms with Crippen molar-refractivity contribution >= 4 is 23.5 Å². The SMILES string of the molecule is O=C(COc1cccc(F)c1)Nc1ccc(C2NC(=O)NC2=O)cc1. The van der Waals surface area contributed by atoms with Crippen LogP contribution in [0.2, 0.25) is 0 Å². The first-order valence-corrected chi connectivity index (χ1v) is 7.41. The van der Waals surface area contributed by atoms with Gasteiger partial charge < -0.3 is 15.4 Å². The Morgan fingerprint density at radius 3 is 2.56 bits per heavy atom. The summed E-state index contributed by atoms with van der Waals surface area (Å²) in [6, 6.07) is 10.7. The van der Waals surface area contributed by atoms with E-state index in [0.717, 1.165) is 0 Å². The van der Waals surface area contributed by atoms with Crippen molar-refractivity contribution < 1.29 is 23.5 Å². The van der Waals surface area contributed by atoms with E-state index in [1.165, 1.54) is 18.2 Å². The van der Waals surface area contributed by atoms with E-state index in [1.54, 1.807) is 30.3 Å². The smallest absolute Gasteiger partial charge is 0.322 e. The van der Waals surface area contributed by atoms with E-state index in [2.05, 4.69) is 16.0 Å². The van der Waals surface area contributed by atoms with Crippen LogP contribution >= 0.6 is 0 Å². The minimum atomic E-state index is -0.742. The Kier molecular flexibility index (Phi) is 4.60. The van der Waals surface area contributed by atoms with Crippen molar-refractivity contribution in [2.75, 3.05) is 11.9 Å². The molecule has 0 aliphatic carbocycles. The normalized spacial score (nSPS) is 16.1. The lowest BCUT2D eigenvalue weighted by Gasteiger charge is -2.10. The number of ether oxygens (including phenoxy) is 1. The van der Waals surface area contributed by atoms with Crippen molar-refractivity contribution in [3.05, 3.63) is 59.9 Å². The van der Waals surface area contributed by atoms with Gasteiger partial charge >= 0.3 is 6.03 Å². The lowest BCUT2D eigenvalue weighted by atomic mass is 10.1. The molecule has 0 aromatic heterocycles. The number of halogens is 1. The van der Waals surface area contributed by atoms with Gasteiger partial charge in [-0.2, -0.15) is 0 Å². The summed E-state index contributed by atoms with van der Waals surface area (Å²) in [6.07, 6.45) is 0. The summed E-state index contributed by atoms with van der Waals surface area (Å²) in [4.78, 5) is 34.6. The number of nitrogens with one attached hydrogen (secondary N) is 3. The molecule has 25 heavy (non-hydrogen) atoms. The minimum Gasteiger partial charge on any atom is -0.484 e. The van der Waals surface area contributed by atoms with Crippen molar-refractivity contribution in [2.45, 2.75) is 6.04 Å². The van der Waals surface area contributed by atoms with Gasteiger partial charge in [0.2, 0.25) is 0 Å². The summed E-state index contributed by atoms with van der Waals surface area (Å²) >= 11 is 0. The second-order valence-corrected chi connectivity index (χ2v) is 5.31. The predicted octanol–water partition coefficient (Wildman–Crippen LogP) is 1.72. The van der Waals surface area contributed by atoms with Crippen molar-refractivity contribution in [3.8, 4) is 5.75 Å². The van der Waals surface area contributed by atoms with Gasteiger partial charge in [0.25, 0.3) is 11.8 Å². The molecule has 0 bridgehead atoms. The van der Waals surface area contributed by atoms with Crippen LogP contribution in [0.5, 0.6) is 5.75 Å². The molecule has 1 heterocycles. The zero-order valence-corrected chi connectivity index (χ0v) is 12.9. The van der Waals surface area contributed by atoms with Crippen LogP contribution in [-0.2, 0) is 9.59 Å². The fourth-order valence-electron chi connectivity index (χ4n) is 2.31. The number of rotatable bonds is 5. The van der Waals surface area contributed by atoms with Gasteiger partial charge in [0.05, 0.1) is 0 Å². The molecule has 3 N–H and O–H groups in total. The highest BCUT2D eigenvalue weighted by Gasteiger charge is 2.30.